The fraction of sp³-hybridized carbons (Fsp3) is 0.824. The van der Waals surface area contributed by atoms with Gasteiger partial charge in [-0.25, -0.2) is 0 Å². The second kappa shape index (κ2) is 6.30. The van der Waals surface area contributed by atoms with Crippen LogP contribution in [0.2, 0.25) is 0 Å². The van der Waals surface area contributed by atoms with Gasteiger partial charge in [-0.15, -0.1) is 0 Å². The summed E-state index contributed by atoms with van der Waals surface area (Å²) in [6.45, 7) is 8.91. The van der Waals surface area contributed by atoms with Crippen molar-refractivity contribution in [3.05, 3.63) is 18.0 Å². The van der Waals surface area contributed by atoms with E-state index in [0.717, 1.165) is 31.4 Å². The van der Waals surface area contributed by atoms with Crippen molar-refractivity contribution in [3.63, 3.8) is 0 Å². The van der Waals surface area contributed by atoms with Crippen LogP contribution in [0.3, 0.4) is 0 Å². The van der Waals surface area contributed by atoms with Gasteiger partial charge in [-0.3, -0.25) is 4.68 Å². The molecule has 3 heteroatoms. The zero-order valence-corrected chi connectivity index (χ0v) is 13.5. The summed E-state index contributed by atoms with van der Waals surface area (Å²) in [5.41, 5.74) is 0.491. The number of rotatable bonds is 5. The minimum Gasteiger partial charge on any atom is -0.389 e. The third-order valence-electron chi connectivity index (χ3n) is 4.75. The summed E-state index contributed by atoms with van der Waals surface area (Å²) < 4.78 is 2.08. The van der Waals surface area contributed by atoms with Crippen LogP contribution in [0.4, 0.5) is 0 Å². The molecule has 0 bridgehead atoms. The Morgan fingerprint density at radius 2 is 1.90 bits per heavy atom. The number of nitrogens with zero attached hydrogens (tertiary/aromatic N) is 2. The van der Waals surface area contributed by atoms with Crippen LogP contribution in [0.25, 0.3) is 0 Å². The Morgan fingerprint density at radius 1 is 1.30 bits per heavy atom. The van der Waals surface area contributed by atoms with Crippen LogP contribution >= 0.6 is 0 Å². The fourth-order valence-corrected chi connectivity index (χ4v) is 4.05. The molecule has 0 amide bonds. The van der Waals surface area contributed by atoms with Gasteiger partial charge in [-0.2, -0.15) is 5.10 Å². The zero-order chi connectivity index (χ0) is 14.8. The molecule has 1 N–H and O–H groups in total. The predicted octanol–water partition coefficient (Wildman–Crippen LogP) is 3.97. The van der Waals surface area contributed by atoms with Crippen molar-refractivity contribution in [3.8, 4) is 0 Å². The third kappa shape index (κ3) is 3.63. The predicted molar refractivity (Wildman–Crippen MR) is 82.7 cm³/mol. The van der Waals surface area contributed by atoms with Gasteiger partial charge >= 0.3 is 0 Å². The Morgan fingerprint density at radius 3 is 2.45 bits per heavy atom. The maximum Gasteiger partial charge on any atom is 0.0708 e. The van der Waals surface area contributed by atoms with E-state index in [9.17, 15) is 5.11 Å². The number of hydrogen-bond donors (Lipinski definition) is 1. The maximum atomic E-state index is 10.9. The van der Waals surface area contributed by atoms with E-state index < -0.39 is 5.60 Å². The first-order valence-corrected chi connectivity index (χ1v) is 8.22. The molecule has 0 aliphatic heterocycles. The van der Waals surface area contributed by atoms with Crippen molar-refractivity contribution >= 4 is 0 Å². The maximum absolute atomic E-state index is 10.9. The quantitative estimate of drug-likeness (QED) is 0.885. The van der Waals surface area contributed by atoms with E-state index in [4.69, 9.17) is 5.10 Å². The summed E-state index contributed by atoms with van der Waals surface area (Å²) in [7, 11) is 0. The Kier molecular flexibility index (Phi) is 4.90. The lowest BCUT2D eigenvalue weighted by Gasteiger charge is -2.38. The van der Waals surface area contributed by atoms with Crippen LogP contribution in [0.1, 0.15) is 71.5 Å². The molecular weight excluding hydrogens is 248 g/mol. The second-order valence-electron chi connectivity index (χ2n) is 7.01. The number of aromatic nitrogens is 2. The van der Waals surface area contributed by atoms with Crippen molar-refractivity contribution in [1.82, 2.24) is 9.78 Å². The topological polar surface area (TPSA) is 38.0 Å². The van der Waals surface area contributed by atoms with Gasteiger partial charge in [0.1, 0.15) is 0 Å². The van der Waals surface area contributed by atoms with Crippen LogP contribution in [-0.2, 0) is 6.42 Å². The van der Waals surface area contributed by atoms with Gasteiger partial charge in [0.15, 0.2) is 0 Å². The lowest BCUT2D eigenvalue weighted by Crippen LogP contribution is -2.40. The lowest BCUT2D eigenvalue weighted by molar-refractivity contribution is -0.0312. The van der Waals surface area contributed by atoms with E-state index in [1.807, 2.05) is 0 Å². The summed E-state index contributed by atoms with van der Waals surface area (Å²) in [5.74, 6) is 1.23. The molecule has 1 aliphatic carbocycles. The summed E-state index contributed by atoms with van der Waals surface area (Å²) in [4.78, 5) is 0. The Labute approximate surface area is 123 Å². The SMILES string of the molecule is CCC(CC)n1ccc(CC2(O)CC(C)CC(C)C2)n1. The average Bonchev–Trinajstić information content (AvgIpc) is 2.76. The minimum absolute atomic E-state index is 0.489. The molecule has 3 nitrogen and oxygen atoms in total. The van der Waals surface area contributed by atoms with Crippen LogP contribution < -0.4 is 0 Å². The molecule has 0 aromatic carbocycles. The molecule has 1 aliphatic rings. The Hall–Kier alpha value is -0.830. The van der Waals surface area contributed by atoms with E-state index in [-0.39, 0.29) is 0 Å². The first kappa shape index (κ1) is 15.6. The smallest absolute Gasteiger partial charge is 0.0708 e. The monoisotopic (exact) mass is 278 g/mol. The fourth-order valence-electron chi connectivity index (χ4n) is 4.05. The van der Waals surface area contributed by atoms with Gasteiger partial charge in [0, 0.05) is 12.6 Å². The molecule has 2 rings (SSSR count). The van der Waals surface area contributed by atoms with E-state index in [1.54, 1.807) is 0 Å². The van der Waals surface area contributed by atoms with Crippen LogP contribution in [0.5, 0.6) is 0 Å². The van der Waals surface area contributed by atoms with Crippen molar-refractivity contribution < 1.29 is 5.11 Å². The molecule has 20 heavy (non-hydrogen) atoms. The molecule has 1 aromatic heterocycles. The van der Waals surface area contributed by atoms with Gasteiger partial charge in [0.2, 0.25) is 0 Å². The molecule has 114 valence electrons. The largest absolute Gasteiger partial charge is 0.389 e. The van der Waals surface area contributed by atoms with Crippen LogP contribution in [-0.4, -0.2) is 20.5 Å². The summed E-state index contributed by atoms with van der Waals surface area (Å²) in [5, 5.41) is 15.6. The second-order valence-corrected chi connectivity index (χ2v) is 7.01. The third-order valence-corrected chi connectivity index (χ3v) is 4.75. The Bertz CT molecular complexity index is 412. The molecule has 2 atom stereocenters. The molecular formula is C17H30N2O. The lowest BCUT2D eigenvalue weighted by atomic mass is 9.72. The molecule has 1 heterocycles. The molecule has 1 aromatic rings. The average molecular weight is 278 g/mol. The zero-order valence-electron chi connectivity index (χ0n) is 13.5. The molecule has 0 radical (unpaired) electrons. The van der Waals surface area contributed by atoms with E-state index >= 15 is 0 Å². The standard InChI is InChI=1S/C17H30N2O/c1-5-16(6-2)19-8-7-15(18-19)12-17(20)10-13(3)9-14(4)11-17/h7-8,13-14,16,20H,5-6,9-12H2,1-4H3. The number of aliphatic hydroxyl groups is 1. The highest BCUT2D eigenvalue weighted by atomic mass is 16.3. The van der Waals surface area contributed by atoms with Crippen molar-refractivity contribution in [2.45, 2.75) is 77.9 Å². The molecule has 2 unspecified atom stereocenters. The summed E-state index contributed by atoms with van der Waals surface area (Å²) in [6, 6.07) is 2.57. The first-order chi connectivity index (χ1) is 9.45. The first-order valence-electron chi connectivity index (χ1n) is 8.22. The van der Waals surface area contributed by atoms with Gasteiger partial charge in [0.25, 0.3) is 0 Å². The molecule has 1 saturated carbocycles. The summed E-state index contributed by atoms with van der Waals surface area (Å²) in [6.07, 6.45) is 8.06. The van der Waals surface area contributed by atoms with Crippen LogP contribution in [0, 0.1) is 11.8 Å². The van der Waals surface area contributed by atoms with Gasteiger partial charge in [-0.1, -0.05) is 27.7 Å². The van der Waals surface area contributed by atoms with Crippen LogP contribution in [0.15, 0.2) is 12.3 Å². The van der Waals surface area contributed by atoms with Crippen molar-refractivity contribution in [2.24, 2.45) is 11.8 Å². The van der Waals surface area contributed by atoms with E-state index in [2.05, 4.69) is 44.6 Å². The highest BCUT2D eigenvalue weighted by molar-refractivity contribution is 5.06. The molecule has 1 fully saturated rings. The Balaban J connectivity index is 2.06. The normalized spacial score (nSPS) is 30.9. The van der Waals surface area contributed by atoms with Gasteiger partial charge < -0.3 is 5.11 Å². The van der Waals surface area contributed by atoms with Gasteiger partial charge in [-0.05, 0) is 50.0 Å². The minimum atomic E-state index is -0.551. The van der Waals surface area contributed by atoms with Crippen molar-refractivity contribution in [1.29, 1.82) is 0 Å². The molecule has 0 spiro atoms. The highest BCUT2D eigenvalue weighted by Crippen LogP contribution is 2.37. The van der Waals surface area contributed by atoms with E-state index in [1.165, 1.54) is 6.42 Å². The number of hydrogen-bond acceptors (Lipinski definition) is 2. The summed E-state index contributed by atoms with van der Waals surface area (Å²) >= 11 is 0. The van der Waals surface area contributed by atoms with Crippen molar-refractivity contribution in [2.75, 3.05) is 0 Å². The van der Waals surface area contributed by atoms with Gasteiger partial charge in [0.05, 0.1) is 17.3 Å². The molecule has 0 saturated heterocycles. The van der Waals surface area contributed by atoms with E-state index in [0.29, 0.717) is 24.3 Å². The highest BCUT2D eigenvalue weighted by Gasteiger charge is 2.36.